The lowest BCUT2D eigenvalue weighted by atomic mass is 10.2. The molecule has 3 aromatic rings. The zero-order valence-electron chi connectivity index (χ0n) is 15.3. The number of benzene rings is 1. The highest BCUT2D eigenvalue weighted by molar-refractivity contribution is 7.20. The van der Waals surface area contributed by atoms with E-state index in [4.69, 9.17) is 0 Å². The van der Waals surface area contributed by atoms with Crippen molar-refractivity contribution in [3.8, 4) is 0 Å². The van der Waals surface area contributed by atoms with Crippen molar-refractivity contribution in [1.29, 1.82) is 0 Å². The van der Waals surface area contributed by atoms with Crippen LogP contribution in [0.3, 0.4) is 0 Å². The Morgan fingerprint density at radius 3 is 2.54 bits per heavy atom. The molecular formula is C19H22N4O2S. The number of amides is 2. The summed E-state index contributed by atoms with van der Waals surface area (Å²) in [5.74, 6) is 0.165. The minimum absolute atomic E-state index is 0.150. The molecule has 0 unspecified atom stereocenters. The van der Waals surface area contributed by atoms with Gasteiger partial charge in [0.1, 0.15) is 4.83 Å². The first kappa shape index (κ1) is 18.1. The van der Waals surface area contributed by atoms with Gasteiger partial charge in [0, 0.05) is 30.2 Å². The normalized spacial score (nSPS) is 11.1. The third-order valence-electron chi connectivity index (χ3n) is 3.81. The molecule has 7 heteroatoms. The largest absolute Gasteiger partial charge is 0.326 e. The zero-order chi connectivity index (χ0) is 18.8. The van der Waals surface area contributed by atoms with Crippen LogP contribution in [0, 0.1) is 12.8 Å². The van der Waals surface area contributed by atoms with Crippen LogP contribution >= 0.6 is 11.3 Å². The highest BCUT2D eigenvalue weighted by Crippen LogP contribution is 2.29. The number of hydrogen-bond acceptors (Lipinski definition) is 4. The maximum atomic E-state index is 12.6. The SMILES string of the molecule is CC(=O)Nc1cccc(NC(=O)c2cc3c(C)nn(CC(C)C)c3s2)c1. The minimum atomic E-state index is -0.165. The summed E-state index contributed by atoms with van der Waals surface area (Å²) in [5, 5.41) is 11.2. The van der Waals surface area contributed by atoms with E-state index in [-0.39, 0.29) is 11.8 Å². The number of nitrogens with one attached hydrogen (secondary N) is 2. The van der Waals surface area contributed by atoms with E-state index < -0.39 is 0 Å². The van der Waals surface area contributed by atoms with Gasteiger partial charge in [-0.3, -0.25) is 14.3 Å². The molecule has 0 saturated heterocycles. The number of aryl methyl sites for hydroxylation is 1. The summed E-state index contributed by atoms with van der Waals surface area (Å²) < 4.78 is 1.98. The molecule has 0 fully saturated rings. The monoisotopic (exact) mass is 370 g/mol. The van der Waals surface area contributed by atoms with E-state index in [0.29, 0.717) is 22.2 Å². The van der Waals surface area contributed by atoms with Gasteiger partial charge >= 0.3 is 0 Å². The van der Waals surface area contributed by atoms with Crippen LogP contribution < -0.4 is 10.6 Å². The fourth-order valence-corrected chi connectivity index (χ4v) is 3.83. The van der Waals surface area contributed by atoms with Crippen LogP contribution in [0.4, 0.5) is 11.4 Å². The number of thiophene rings is 1. The fourth-order valence-electron chi connectivity index (χ4n) is 2.76. The Morgan fingerprint density at radius 2 is 1.88 bits per heavy atom. The third kappa shape index (κ3) is 3.94. The predicted molar refractivity (Wildman–Crippen MR) is 106 cm³/mol. The van der Waals surface area contributed by atoms with E-state index in [1.165, 1.54) is 18.3 Å². The number of aromatic nitrogens is 2. The Hall–Kier alpha value is -2.67. The summed E-state index contributed by atoms with van der Waals surface area (Å²) in [6.45, 7) is 8.53. The summed E-state index contributed by atoms with van der Waals surface area (Å²) in [4.78, 5) is 25.5. The van der Waals surface area contributed by atoms with Gasteiger partial charge in [0.15, 0.2) is 0 Å². The molecule has 2 amide bonds. The summed E-state index contributed by atoms with van der Waals surface area (Å²) in [7, 11) is 0. The Kier molecular flexibility index (Phi) is 5.08. The molecule has 2 N–H and O–H groups in total. The number of rotatable bonds is 5. The maximum absolute atomic E-state index is 12.6. The van der Waals surface area contributed by atoms with Crippen molar-refractivity contribution in [2.75, 3.05) is 10.6 Å². The second kappa shape index (κ2) is 7.29. The van der Waals surface area contributed by atoms with Gasteiger partial charge in [-0.05, 0) is 37.1 Å². The fraction of sp³-hybridized carbons (Fsp3) is 0.316. The second-order valence-electron chi connectivity index (χ2n) is 6.71. The molecule has 136 valence electrons. The van der Waals surface area contributed by atoms with Gasteiger partial charge in [-0.15, -0.1) is 11.3 Å². The van der Waals surface area contributed by atoms with Crippen molar-refractivity contribution in [3.63, 3.8) is 0 Å². The number of fused-ring (bicyclic) bond motifs is 1. The van der Waals surface area contributed by atoms with Crippen molar-refractivity contribution in [3.05, 3.63) is 40.9 Å². The van der Waals surface area contributed by atoms with Crippen LogP contribution in [0.2, 0.25) is 0 Å². The number of hydrogen-bond donors (Lipinski definition) is 2. The highest BCUT2D eigenvalue weighted by Gasteiger charge is 2.17. The zero-order valence-corrected chi connectivity index (χ0v) is 16.1. The summed E-state index contributed by atoms with van der Waals surface area (Å²) in [5.41, 5.74) is 2.22. The third-order valence-corrected chi connectivity index (χ3v) is 4.96. The Labute approximate surface area is 156 Å². The van der Waals surface area contributed by atoms with Crippen molar-refractivity contribution < 1.29 is 9.59 Å². The van der Waals surface area contributed by atoms with Crippen molar-refractivity contribution in [1.82, 2.24) is 9.78 Å². The van der Waals surface area contributed by atoms with Crippen molar-refractivity contribution >= 4 is 44.7 Å². The van der Waals surface area contributed by atoms with E-state index in [1.54, 1.807) is 24.3 Å². The molecule has 3 rings (SSSR count). The molecule has 2 aromatic heterocycles. The van der Waals surface area contributed by atoms with Gasteiger partial charge in [0.25, 0.3) is 5.91 Å². The molecule has 0 aliphatic carbocycles. The molecule has 0 radical (unpaired) electrons. The number of nitrogens with zero attached hydrogens (tertiary/aromatic N) is 2. The van der Waals surface area contributed by atoms with Crippen LogP contribution in [0.1, 0.15) is 36.1 Å². The molecule has 6 nitrogen and oxygen atoms in total. The van der Waals surface area contributed by atoms with Crippen LogP contribution in [0.15, 0.2) is 30.3 Å². The summed E-state index contributed by atoms with van der Waals surface area (Å²) in [6, 6.07) is 8.99. The standard InChI is InChI=1S/C19H22N4O2S/c1-11(2)10-23-19-16(12(3)22-23)9-17(26-19)18(25)21-15-7-5-6-14(8-15)20-13(4)24/h5-9,11H,10H2,1-4H3,(H,20,24)(H,21,25). The van der Waals surface area contributed by atoms with Gasteiger partial charge in [0.05, 0.1) is 10.6 Å². The molecule has 0 aliphatic rings. The number of carbonyl (C=O) groups is 2. The second-order valence-corrected chi connectivity index (χ2v) is 7.74. The van der Waals surface area contributed by atoms with Gasteiger partial charge in [-0.1, -0.05) is 19.9 Å². The van der Waals surface area contributed by atoms with Crippen LogP contribution in [-0.4, -0.2) is 21.6 Å². The smallest absolute Gasteiger partial charge is 0.265 e. The lowest BCUT2D eigenvalue weighted by Gasteiger charge is -2.07. The molecule has 26 heavy (non-hydrogen) atoms. The lowest BCUT2D eigenvalue weighted by Crippen LogP contribution is -2.11. The quantitative estimate of drug-likeness (QED) is 0.704. The first-order valence-corrected chi connectivity index (χ1v) is 9.31. The Balaban J connectivity index is 1.83. The average molecular weight is 370 g/mol. The molecule has 0 atom stereocenters. The molecular weight excluding hydrogens is 348 g/mol. The highest BCUT2D eigenvalue weighted by atomic mass is 32.1. The van der Waals surface area contributed by atoms with Crippen LogP contribution in [0.25, 0.3) is 10.2 Å². The van der Waals surface area contributed by atoms with Crippen LogP contribution in [0.5, 0.6) is 0 Å². The first-order valence-electron chi connectivity index (χ1n) is 8.49. The van der Waals surface area contributed by atoms with Crippen molar-refractivity contribution in [2.24, 2.45) is 5.92 Å². The van der Waals surface area contributed by atoms with E-state index in [9.17, 15) is 9.59 Å². The topological polar surface area (TPSA) is 76.0 Å². The molecule has 0 aliphatic heterocycles. The van der Waals surface area contributed by atoms with Gasteiger partial charge in [-0.25, -0.2) is 0 Å². The van der Waals surface area contributed by atoms with Gasteiger partial charge < -0.3 is 10.6 Å². The molecule has 1 aromatic carbocycles. The Morgan fingerprint density at radius 1 is 1.19 bits per heavy atom. The predicted octanol–water partition coefficient (Wildman–Crippen LogP) is 4.27. The van der Waals surface area contributed by atoms with E-state index >= 15 is 0 Å². The van der Waals surface area contributed by atoms with Crippen molar-refractivity contribution in [2.45, 2.75) is 34.2 Å². The number of anilines is 2. The van der Waals surface area contributed by atoms with E-state index in [1.807, 2.05) is 17.7 Å². The minimum Gasteiger partial charge on any atom is -0.326 e. The van der Waals surface area contributed by atoms with E-state index in [0.717, 1.165) is 22.5 Å². The van der Waals surface area contributed by atoms with Gasteiger partial charge in [0.2, 0.25) is 5.91 Å². The molecule has 0 bridgehead atoms. The van der Waals surface area contributed by atoms with E-state index in [2.05, 4.69) is 29.6 Å². The lowest BCUT2D eigenvalue weighted by molar-refractivity contribution is -0.114. The molecule has 2 heterocycles. The summed E-state index contributed by atoms with van der Waals surface area (Å²) in [6.07, 6.45) is 0. The average Bonchev–Trinajstić information content (AvgIpc) is 3.09. The first-order chi connectivity index (χ1) is 12.3. The Bertz CT molecular complexity index is 971. The number of carbonyl (C=O) groups excluding carboxylic acids is 2. The molecule has 0 spiro atoms. The summed E-state index contributed by atoms with van der Waals surface area (Å²) >= 11 is 1.45. The maximum Gasteiger partial charge on any atom is 0.265 e. The van der Waals surface area contributed by atoms with Gasteiger partial charge in [-0.2, -0.15) is 5.10 Å². The molecule has 0 saturated carbocycles. The van der Waals surface area contributed by atoms with Crippen LogP contribution in [-0.2, 0) is 11.3 Å².